The van der Waals surface area contributed by atoms with Crippen LogP contribution in [0.1, 0.15) is 16.7 Å². The maximum atomic E-state index is 12.1. The fourth-order valence-electron chi connectivity index (χ4n) is 4.31. The van der Waals surface area contributed by atoms with Crippen molar-refractivity contribution in [2.75, 3.05) is 25.1 Å². The molecule has 0 aliphatic carbocycles. The molecule has 0 saturated carbocycles. The Bertz CT molecular complexity index is 1350. The van der Waals surface area contributed by atoms with Crippen molar-refractivity contribution in [3.05, 3.63) is 89.7 Å². The van der Waals surface area contributed by atoms with Crippen molar-refractivity contribution >= 4 is 28.5 Å². The molecule has 1 aliphatic rings. The van der Waals surface area contributed by atoms with Gasteiger partial charge in [-0.05, 0) is 53.1 Å². The fraction of sp³-hybridized carbons (Fsp3) is 0.222. The van der Waals surface area contributed by atoms with Crippen molar-refractivity contribution in [2.45, 2.75) is 19.6 Å². The summed E-state index contributed by atoms with van der Waals surface area (Å²) in [6.07, 6.45) is 1.71. The van der Waals surface area contributed by atoms with Crippen molar-refractivity contribution in [2.24, 2.45) is 0 Å². The minimum Gasteiger partial charge on any atom is -0.497 e. The highest BCUT2D eigenvalue weighted by Crippen LogP contribution is 2.24. The number of hydrogen-bond acceptors (Lipinski definition) is 5. The first-order valence-electron chi connectivity index (χ1n) is 11.5. The van der Waals surface area contributed by atoms with E-state index < -0.39 is 0 Å². The van der Waals surface area contributed by atoms with Crippen LogP contribution in [0.15, 0.2) is 73.1 Å². The number of piperazine rings is 1. The molecule has 2 heterocycles. The number of benzene rings is 3. The van der Waals surface area contributed by atoms with Crippen LogP contribution >= 0.6 is 0 Å². The molecule has 1 aliphatic heterocycles. The number of aromatic nitrogens is 2. The molecule has 1 saturated heterocycles. The number of rotatable bonds is 8. The Kier molecular flexibility index (Phi) is 6.34. The number of hydrogen-bond donors (Lipinski definition) is 2. The first kappa shape index (κ1) is 22.5. The van der Waals surface area contributed by atoms with Gasteiger partial charge in [0.25, 0.3) is 0 Å². The number of ether oxygens (including phenoxy) is 1. The number of anilines is 1. The number of fused-ring (bicyclic) bond motifs is 1. The average Bonchev–Trinajstić information content (AvgIpc) is 3.34. The minimum absolute atomic E-state index is 0.0614. The molecule has 4 aromatic rings. The van der Waals surface area contributed by atoms with Gasteiger partial charge >= 0.3 is 0 Å². The maximum absolute atomic E-state index is 12.1. The van der Waals surface area contributed by atoms with Gasteiger partial charge in [0.15, 0.2) is 0 Å². The minimum atomic E-state index is -0.125. The highest BCUT2D eigenvalue weighted by molar-refractivity contribution is 5.92. The number of imidazole rings is 1. The predicted molar refractivity (Wildman–Crippen MR) is 134 cm³/mol. The van der Waals surface area contributed by atoms with E-state index in [0.717, 1.165) is 33.6 Å². The third-order valence-corrected chi connectivity index (χ3v) is 6.16. The number of nitrogens with zero attached hydrogens (tertiary/aromatic N) is 3. The number of nitrogens with one attached hydrogen (secondary N) is 2. The second-order valence-corrected chi connectivity index (χ2v) is 8.65. The van der Waals surface area contributed by atoms with Crippen molar-refractivity contribution in [3.8, 4) is 5.75 Å². The molecule has 1 aromatic heterocycles. The Morgan fingerprint density at radius 3 is 2.54 bits per heavy atom. The lowest BCUT2D eigenvalue weighted by Crippen LogP contribution is -2.50. The number of methoxy groups -OCH3 is 1. The molecule has 0 radical (unpaired) electrons. The molecule has 0 atom stereocenters. The normalized spacial score (nSPS) is 13.7. The summed E-state index contributed by atoms with van der Waals surface area (Å²) in [6.45, 7) is 1.97. The van der Waals surface area contributed by atoms with Gasteiger partial charge in [0, 0.05) is 25.3 Å². The molecule has 178 valence electrons. The zero-order valence-electron chi connectivity index (χ0n) is 19.5. The smallest absolute Gasteiger partial charge is 0.242 e. The summed E-state index contributed by atoms with van der Waals surface area (Å²) in [5.41, 5.74) is 6.30. The van der Waals surface area contributed by atoms with E-state index in [1.165, 1.54) is 5.56 Å². The van der Waals surface area contributed by atoms with Gasteiger partial charge in [-0.25, -0.2) is 4.98 Å². The summed E-state index contributed by atoms with van der Waals surface area (Å²) in [5, 5.41) is 2.58. The molecule has 2 N–H and O–H groups in total. The van der Waals surface area contributed by atoms with Crippen molar-refractivity contribution < 1.29 is 14.3 Å². The van der Waals surface area contributed by atoms with Crippen LogP contribution in [0, 0.1) is 0 Å². The quantitative estimate of drug-likeness (QED) is 0.414. The van der Waals surface area contributed by atoms with Gasteiger partial charge in [0.1, 0.15) is 5.75 Å². The first-order chi connectivity index (χ1) is 17.1. The van der Waals surface area contributed by atoms with E-state index in [2.05, 4.69) is 50.5 Å². The van der Waals surface area contributed by atoms with E-state index in [-0.39, 0.29) is 24.9 Å². The molecule has 2 amide bonds. The van der Waals surface area contributed by atoms with Crippen LogP contribution in [0.4, 0.5) is 5.69 Å². The number of carbonyl (C=O) groups is 2. The second kappa shape index (κ2) is 9.89. The molecular formula is C27H27N5O3. The van der Waals surface area contributed by atoms with Gasteiger partial charge in [0.05, 0.1) is 37.6 Å². The van der Waals surface area contributed by atoms with Crippen LogP contribution in [0.3, 0.4) is 0 Å². The Labute approximate surface area is 203 Å². The van der Waals surface area contributed by atoms with E-state index in [9.17, 15) is 9.59 Å². The lowest BCUT2D eigenvalue weighted by molar-refractivity contribution is -0.141. The molecule has 5 rings (SSSR count). The van der Waals surface area contributed by atoms with Crippen molar-refractivity contribution in [1.29, 1.82) is 0 Å². The average molecular weight is 470 g/mol. The number of amides is 2. The summed E-state index contributed by atoms with van der Waals surface area (Å²) >= 11 is 0. The van der Waals surface area contributed by atoms with Crippen LogP contribution in [0.5, 0.6) is 5.75 Å². The molecule has 8 nitrogen and oxygen atoms in total. The third-order valence-electron chi connectivity index (χ3n) is 6.16. The first-order valence-corrected chi connectivity index (χ1v) is 11.5. The van der Waals surface area contributed by atoms with Gasteiger partial charge in [-0.3, -0.25) is 9.59 Å². The zero-order valence-corrected chi connectivity index (χ0v) is 19.5. The van der Waals surface area contributed by atoms with E-state index in [1.807, 2.05) is 36.4 Å². The molecule has 0 unspecified atom stereocenters. The van der Waals surface area contributed by atoms with Crippen LogP contribution in [-0.4, -0.2) is 46.9 Å². The molecule has 0 spiro atoms. The summed E-state index contributed by atoms with van der Waals surface area (Å²) < 4.78 is 5.41. The monoisotopic (exact) mass is 469 g/mol. The predicted octanol–water partition coefficient (Wildman–Crippen LogP) is 3.24. The highest BCUT2D eigenvalue weighted by atomic mass is 16.5. The van der Waals surface area contributed by atoms with E-state index in [1.54, 1.807) is 18.3 Å². The van der Waals surface area contributed by atoms with Gasteiger partial charge in [-0.1, -0.05) is 30.3 Å². The molecule has 35 heavy (non-hydrogen) atoms. The van der Waals surface area contributed by atoms with Gasteiger partial charge < -0.3 is 24.8 Å². The van der Waals surface area contributed by atoms with Gasteiger partial charge in [-0.2, -0.15) is 0 Å². The van der Waals surface area contributed by atoms with Gasteiger partial charge in [0.2, 0.25) is 11.8 Å². The lowest BCUT2D eigenvalue weighted by Gasteiger charge is -2.28. The van der Waals surface area contributed by atoms with Crippen LogP contribution in [0.2, 0.25) is 0 Å². The van der Waals surface area contributed by atoms with Crippen molar-refractivity contribution in [1.82, 2.24) is 20.2 Å². The molecule has 0 bridgehead atoms. The fourth-order valence-corrected chi connectivity index (χ4v) is 4.31. The third kappa shape index (κ3) is 5.27. The summed E-state index contributed by atoms with van der Waals surface area (Å²) in [4.78, 5) is 35.2. The zero-order chi connectivity index (χ0) is 24.2. The van der Waals surface area contributed by atoms with E-state index in [0.29, 0.717) is 19.6 Å². The van der Waals surface area contributed by atoms with E-state index >= 15 is 0 Å². The molecule has 3 aromatic carbocycles. The summed E-state index contributed by atoms with van der Waals surface area (Å²) in [6, 6.07) is 22.5. The number of carbonyl (C=O) groups excluding carboxylic acids is 2. The van der Waals surface area contributed by atoms with Crippen LogP contribution in [0.25, 0.3) is 11.0 Å². The van der Waals surface area contributed by atoms with Crippen molar-refractivity contribution in [3.63, 3.8) is 0 Å². The second-order valence-electron chi connectivity index (χ2n) is 8.65. The SMILES string of the molecule is COc1cccc(CN(Cc2ccc3nc[nH]c3c2)c2ccc(CN3CC(=O)NCC3=O)cc2)c1. The summed E-state index contributed by atoms with van der Waals surface area (Å²) in [5.74, 6) is 0.634. The van der Waals surface area contributed by atoms with Gasteiger partial charge in [-0.15, -0.1) is 0 Å². The maximum Gasteiger partial charge on any atom is 0.242 e. The Balaban J connectivity index is 1.38. The van der Waals surface area contributed by atoms with E-state index in [4.69, 9.17) is 4.74 Å². The number of aromatic amines is 1. The Morgan fingerprint density at radius 2 is 1.74 bits per heavy atom. The summed E-state index contributed by atoms with van der Waals surface area (Å²) in [7, 11) is 1.67. The number of H-pyrrole nitrogens is 1. The molecule has 8 heteroatoms. The lowest BCUT2D eigenvalue weighted by atomic mass is 10.1. The van der Waals surface area contributed by atoms with Crippen LogP contribution < -0.4 is 15.0 Å². The topological polar surface area (TPSA) is 90.6 Å². The largest absolute Gasteiger partial charge is 0.497 e. The Morgan fingerprint density at radius 1 is 0.971 bits per heavy atom. The highest BCUT2D eigenvalue weighted by Gasteiger charge is 2.23. The van der Waals surface area contributed by atoms with Crippen LogP contribution in [-0.2, 0) is 29.2 Å². The Hall–Kier alpha value is -4.33. The standard InChI is InChI=1S/C27H27N5O3/c1-35-23-4-2-3-20(11-23)15-31(16-21-7-10-24-25(12-21)30-18-29-24)22-8-5-19(6-9-22)14-32-17-26(33)28-13-27(32)34/h2-12,18H,13-17H2,1H3,(H,28,33)(H,29,30). The molecule has 1 fully saturated rings. The molecular weight excluding hydrogens is 442 g/mol.